The van der Waals surface area contributed by atoms with Crippen LogP contribution in [0.1, 0.15) is 245 Å². The molecule has 0 heterocycles. The lowest BCUT2D eigenvalue weighted by Crippen LogP contribution is -2.30. The summed E-state index contributed by atoms with van der Waals surface area (Å²) >= 11 is 0. The molecule has 0 unspecified atom stereocenters. The van der Waals surface area contributed by atoms with E-state index in [1.807, 2.05) is 0 Å². The third-order valence-corrected chi connectivity index (χ3v) is 10.2. The van der Waals surface area contributed by atoms with E-state index in [1.54, 1.807) is 0 Å². The molecule has 0 saturated heterocycles. The number of carbonyl (C=O) groups excluding carboxylic acids is 3. The van der Waals surface area contributed by atoms with Gasteiger partial charge in [0.1, 0.15) is 13.2 Å². The number of carbonyl (C=O) groups is 3. The van der Waals surface area contributed by atoms with Crippen LogP contribution in [0, 0.1) is 0 Å². The molecule has 0 aromatic heterocycles. The van der Waals surface area contributed by atoms with Gasteiger partial charge in [-0.2, -0.15) is 0 Å². The Labute approximate surface area is 334 Å². The van der Waals surface area contributed by atoms with Crippen LogP contribution in [0.4, 0.5) is 0 Å². The minimum Gasteiger partial charge on any atom is -0.462 e. The van der Waals surface area contributed by atoms with E-state index >= 15 is 0 Å². The van der Waals surface area contributed by atoms with E-state index in [2.05, 4.69) is 45.1 Å². The van der Waals surface area contributed by atoms with Crippen molar-refractivity contribution in [2.45, 2.75) is 252 Å². The molecule has 0 fully saturated rings. The Morgan fingerprint density at radius 3 is 1.06 bits per heavy atom. The highest BCUT2D eigenvalue weighted by atomic mass is 16.6. The second-order valence-electron chi connectivity index (χ2n) is 15.7. The van der Waals surface area contributed by atoms with Crippen LogP contribution < -0.4 is 0 Å². The topological polar surface area (TPSA) is 78.9 Å². The molecular weight excluding hydrogens is 673 g/mol. The second-order valence-corrected chi connectivity index (χ2v) is 15.7. The zero-order chi connectivity index (χ0) is 39.4. The van der Waals surface area contributed by atoms with Gasteiger partial charge in [0.05, 0.1) is 0 Å². The summed E-state index contributed by atoms with van der Waals surface area (Å²) in [4.78, 5) is 37.7. The van der Waals surface area contributed by atoms with E-state index in [9.17, 15) is 14.4 Å². The molecule has 0 N–H and O–H groups in total. The van der Waals surface area contributed by atoms with Gasteiger partial charge < -0.3 is 14.2 Å². The standard InChI is InChI=1S/C48H88O6/c1-4-7-10-13-16-19-21-23-24-25-27-29-32-35-38-41-47(50)53-44-45(43-52-46(49)40-37-34-31-28-18-15-12-9-6-3)54-48(51)42-39-36-33-30-26-22-20-17-14-11-8-5-2/h16,19,23-24,45H,4-15,17-18,20-22,25-44H2,1-3H3/b19-16-,24-23-/t45-/m1/s1. The fraction of sp³-hybridized carbons (Fsp3) is 0.854. The molecule has 0 aromatic rings. The van der Waals surface area contributed by atoms with Gasteiger partial charge in [0.2, 0.25) is 0 Å². The molecule has 0 aliphatic heterocycles. The van der Waals surface area contributed by atoms with E-state index in [0.29, 0.717) is 19.3 Å². The first-order valence-electron chi connectivity index (χ1n) is 23.3. The van der Waals surface area contributed by atoms with Crippen molar-refractivity contribution < 1.29 is 28.6 Å². The van der Waals surface area contributed by atoms with Crippen LogP contribution in [-0.4, -0.2) is 37.2 Å². The van der Waals surface area contributed by atoms with Crippen molar-refractivity contribution in [1.29, 1.82) is 0 Å². The van der Waals surface area contributed by atoms with Crippen LogP contribution in [0.25, 0.3) is 0 Å². The Morgan fingerprint density at radius 1 is 0.370 bits per heavy atom. The van der Waals surface area contributed by atoms with Gasteiger partial charge in [-0.3, -0.25) is 14.4 Å². The average molecular weight is 761 g/mol. The summed E-state index contributed by atoms with van der Waals surface area (Å²) in [5.41, 5.74) is 0. The third-order valence-electron chi connectivity index (χ3n) is 10.2. The number of hydrogen-bond donors (Lipinski definition) is 0. The molecule has 0 aliphatic carbocycles. The molecular formula is C48H88O6. The van der Waals surface area contributed by atoms with Crippen molar-refractivity contribution in [2.75, 3.05) is 13.2 Å². The fourth-order valence-corrected chi connectivity index (χ4v) is 6.65. The van der Waals surface area contributed by atoms with Gasteiger partial charge in [-0.1, -0.05) is 199 Å². The average Bonchev–Trinajstić information content (AvgIpc) is 3.17. The van der Waals surface area contributed by atoms with Gasteiger partial charge in [-0.15, -0.1) is 0 Å². The second kappa shape index (κ2) is 43.6. The Hall–Kier alpha value is -2.11. The Morgan fingerprint density at radius 2 is 0.667 bits per heavy atom. The highest BCUT2D eigenvalue weighted by Crippen LogP contribution is 2.15. The van der Waals surface area contributed by atoms with Gasteiger partial charge in [-0.05, 0) is 51.4 Å². The maximum Gasteiger partial charge on any atom is 0.306 e. The SMILES string of the molecule is CCCCC/C=C\C/C=C\CCCCCCCC(=O)OC[C@@H](COC(=O)CCCCCCCCCCC)OC(=O)CCCCCCCCCCCCCC. The zero-order valence-electron chi connectivity index (χ0n) is 36.0. The van der Waals surface area contributed by atoms with Crippen molar-refractivity contribution in [3.05, 3.63) is 24.3 Å². The first-order chi connectivity index (χ1) is 26.5. The van der Waals surface area contributed by atoms with E-state index < -0.39 is 6.10 Å². The first kappa shape index (κ1) is 51.9. The van der Waals surface area contributed by atoms with Crippen molar-refractivity contribution in [1.82, 2.24) is 0 Å². The Kier molecular flexibility index (Phi) is 41.9. The van der Waals surface area contributed by atoms with Crippen LogP contribution in [0.3, 0.4) is 0 Å². The van der Waals surface area contributed by atoms with Crippen LogP contribution in [-0.2, 0) is 28.6 Å². The molecule has 0 aromatic carbocycles. The minimum absolute atomic E-state index is 0.0720. The van der Waals surface area contributed by atoms with Gasteiger partial charge in [-0.25, -0.2) is 0 Å². The number of unbranched alkanes of at least 4 members (excludes halogenated alkanes) is 27. The van der Waals surface area contributed by atoms with Crippen molar-refractivity contribution in [3.63, 3.8) is 0 Å². The van der Waals surface area contributed by atoms with Crippen molar-refractivity contribution >= 4 is 17.9 Å². The van der Waals surface area contributed by atoms with Crippen molar-refractivity contribution in [2.24, 2.45) is 0 Å². The molecule has 0 rings (SSSR count). The number of esters is 3. The van der Waals surface area contributed by atoms with Crippen LogP contribution >= 0.6 is 0 Å². The number of ether oxygens (including phenoxy) is 3. The van der Waals surface area contributed by atoms with E-state index in [0.717, 1.165) is 77.0 Å². The Balaban J connectivity index is 4.34. The summed E-state index contributed by atoms with van der Waals surface area (Å²) in [6.07, 6.45) is 47.3. The van der Waals surface area contributed by atoms with E-state index in [1.165, 1.54) is 128 Å². The first-order valence-corrected chi connectivity index (χ1v) is 23.3. The van der Waals surface area contributed by atoms with Crippen molar-refractivity contribution in [3.8, 4) is 0 Å². The van der Waals surface area contributed by atoms with Crippen LogP contribution in [0.2, 0.25) is 0 Å². The third kappa shape index (κ3) is 41.1. The van der Waals surface area contributed by atoms with Crippen LogP contribution in [0.15, 0.2) is 24.3 Å². The largest absolute Gasteiger partial charge is 0.462 e. The maximum absolute atomic E-state index is 12.7. The fourth-order valence-electron chi connectivity index (χ4n) is 6.65. The van der Waals surface area contributed by atoms with E-state index in [-0.39, 0.29) is 31.1 Å². The summed E-state index contributed by atoms with van der Waals surface area (Å²) in [7, 11) is 0. The number of rotatable bonds is 42. The molecule has 0 radical (unpaired) electrons. The van der Waals surface area contributed by atoms with Gasteiger partial charge in [0, 0.05) is 19.3 Å². The lowest BCUT2D eigenvalue weighted by molar-refractivity contribution is -0.167. The highest BCUT2D eigenvalue weighted by Gasteiger charge is 2.19. The smallest absolute Gasteiger partial charge is 0.306 e. The van der Waals surface area contributed by atoms with E-state index in [4.69, 9.17) is 14.2 Å². The molecule has 54 heavy (non-hydrogen) atoms. The lowest BCUT2D eigenvalue weighted by atomic mass is 10.0. The Bertz CT molecular complexity index is 880. The van der Waals surface area contributed by atoms with Crippen LogP contribution in [0.5, 0.6) is 0 Å². The molecule has 6 nitrogen and oxygen atoms in total. The summed E-state index contributed by atoms with van der Waals surface area (Å²) < 4.78 is 16.7. The highest BCUT2D eigenvalue weighted by molar-refractivity contribution is 5.71. The van der Waals surface area contributed by atoms with Gasteiger partial charge in [0.15, 0.2) is 6.10 Å². The minimum atomic E-state index is -0.768. The summed E-state index contributed by atoms with van der Waals surface area (Å²) in [6.45, 7) is 6.58. The molecule has 0 saturated carbocycles. The number of hydrogen-bond acceptors (Lipinski definition) is 6. The molecule has 0 amide bonds. The predicted molar refractivity (Wildman–Crippen MR) is 229 cm³/mol. The normalized spacial score (nSPS) is 12.1. The maximum atomic E-state index is 12.7. The molecule has 6 heteroatoms. The summed E-state index contributed by atoms with van der Waals surface area (Å²) in [5, 5.41) is 0. The molecule has 0 spiro atoms. The number of allylic oxidation sites excluding steroid dienone is 4. The molecule has 0 aliphatic rings. The van der Waals surface area contributed by atoms with Gasteiger partial charge >= 0.3 is 17.9 Å². The lowest BCUT2D eigenvalue weighted by Gasteiger charge is -2.18. The molecule has 316 valence electrons. The quantitative estimate of drug-likeness (QED) is 0.0267. The van der Waals surface area contributed by atoms with Gasteiger partial charge in [0.25, 0.3) is 0 Å². The molecule has 0 bridgehead atoms. The monoisotopic (exact) mass is 761 g/mol. The zero-order valence-corrected chi connectivity index (χ0v) is 36.0. The molecule has 1 atom stereocenters. The summed E-state index contributed by atoms with van der Waals surface area (Å²) in [5.74, 6) is -0.882. The summed E-state index contributed by atoms with van der Waals surface area (Å²) in [6, 6.07) is 0. The predicted octanol–water partition coefficient (Wildman–Crippen LogP) is 14.8.